The second-order valence-electron chi connectivity index (χ2n) is 6.97. The molecule has 0 atom stereocenters. The Kier molecular flexibility index (Phi) is 5.62. The Morgan fingerprint density at radius 2 is 2.00 bits per heavy atom. The molecule has 2 heterocycles. The molecule has 0 fully saturated rings. The summed E-state index contributed by atoms with van der Waals surface area (Å²) in [5, 5.41) is 7.86. The fraction of sp³-hybridized carbons (Fsp3) is 0.174. The van der Waals surface area contributed by atoms with Gasteiger partial charge in [0.05, 0.1) is 23.0 Å². The number of carbonyl (C=O) groups is 1. The number of anilines is 1. The molecule has 0 spiro atoms. The van der Waals surface area contributed by atoms with Gasteiger partial charge in [-0.05, 0) is 49.7 Å². The summed E-state index contributed by atoms with van der Waals surface area (Å²) in [6.45, 7) is 1.52. The SMILES string of the molecule is CCn1cc(-c2cc(C(=O)Nc3ccc(OC(F)F)cc3C)c3ccccc3n2)cn1. The Labute approximate surface area is 177 Å². The summed E-state index contributed by atoms with van der Waals surface area (Å²) in [7, 11) is 0. The van der Waals surface area contributed by atoms with E-state index in [0.717, 1.165) is 12.1 Å². The number of pyridine rings is 1. The van der Waals surface area contributed by atoms with Crippen molar-refractivity contribution in [1.29, 1.82) is 0 Å². The van der Waals surface area contributed by atoms with E-state index in [1.165, 1.54) is 12.1 Å². The van der Waals surface area contributed by atoms with Gasteiger partial charge in [-0.2, -0.15) is 13.9 Å². The van der Waals surface area contributed by atoms with E-state index in [4.69, 9.17) is 0 Å². The first-order chi connectivity index (χ1) is 14.9. The quantitative estimate of drug-likeness (QED) is 0.459. The van der Waals surface area contributed by atoms with Gasteiger partial charge in [-0.15, -0.1) is 0 Å². The van der Waals surface area contributed by atoms with Crippen LogP contribution in [-0.2, 0) is 6.54 Å². The van der Waals surface area contributed by atoms with Crippen molar-refractivity contribution >= 4 is 22.5 Å². The number of alkyl halides is 2. The molecule has 2 aromatic carbocycles. The third-order valence-corrected chi connectivity index (χ3v) is 4.89. The number of aromatic nitrogens is 3. The number of benzene rings is 2. The van der Waals surface area contributed by atoms with Gasteiger partial charge >= 0.3 is 6.61 Å². The molecule has 0 aliphatic rings. The fourth-order valence-electron chi connectivity index (χ4n) is 3.32. The second kappa shape index (κ2) is 8.51. The lowest BCUT2D eigenvalue weighted by atomic mass is 10.0. The predicted molar refractivity (Wildman–Crippen MR) is 114 cm³/mol. The Bertz CT molecular complexity index is 1250. The number of fused-ring (bicyclic) bond motifs is 1. The number of ether oxygens (including phenoxy) is 1. The van der Waals surface area contributed by atoms with E-state index >= 15 is 0 Å². The van der Waals surface area contributed by atoms with Crippen LogP contribution >= 0.6 is 0 Å². The van der Waals surface area contributed by atoms with E-state index in [1.54, 1.807) is 29.9 Å². The predicted octanol–water partition coefficient (Wildman–Crippen LogP) is 5.28. The maximum absolute atomic E-state index is 13.2. The first kappa shape index (κ1) is 20.5. The molecule has 0 saturated heterocycles. The van der Waals surface area contributed by atoms with Crippen molar-refractivity contribution in [2.45, 2.75) is 27.0 Å². The van der Waals surface area contributed by atoms with E-state index in [0.29, 0.717) is 33.4 Å². The van der Waals surface area contributed by atoms with E-state index in [9.17, 15) is 13.6 Å². The summed E-state index contributed by atoms with van der Waals surface area (Å²) >= 11 is 0. The zero-order valence-corrected chi connectivity index (χ0v) is 17.0. The molecule has 0 radical (unpaired) electrons. The van der Waals surface area contributed by atoms with Gasteiger partial charge in [-0.25, -0.2) is 4.98 Å². The summed E-state index contributed by atoms with van der Waals surface area (Å²) < 4.78 is 31.1. The van der Waals surface area contributed by atoms with E-state index in [2.05, 4.69) is 20.1 Å². The molecule has 1 N–H and O–H groups in total. The lowest BCUT2D eigenvalue weighted by molar-refractivity contribution is -0.0498. The average Bonchev–Trinajstić information content (AvgIpc) is 3.24. The largest absolute Gasteiger partial charge is 0.435 e. The van der Waals surface area contributed by atoms with Crippen LogP contribution < -0.4 is 10.1 Å². The summed E-state index contributed by atoms with van der Waals surface area (Å²) in [4.78, 5) is 17.9. The topological polar surface area (TPSA) is 69.0 Å². The lowest BCUT2D eigenvalue weighted by Gasteiger charge is -2.13. The van der Waals surface area contributed by atoms with Crippen molar-refractivity contribution in [3.05, 3.63) is 72.1 Å². The highest BCUT2D eigenvalue weighted by atomic mass is 19.3. The summed E-state index contributed by atoms with van der Waals surface area (Å²) in [5.41, 5.74) is 3.71. The molecule has 6 nitrogen and oxygen atoms in total. The number of aryl methyl sites for hydroxylation is 2. The maximum atomic E-state index is 13.2. The Morgan fingerprint density at radius 3 is 2.71 bits per heavy atom. The van der Waals surface area contributed by atoms with Crippen LogP contribution in [0.5, 0.6) is 5.75 Å². The maximum Gasteiger partial charge on any atom is 0.387 e. The van der Waals surface area contributed by atoms with Gasteiger partial charge in [-0.1, -0.05) is 18.2 Å². The fourth-order valence-corrected chi connectivity index (χ4v) is 3.32. The molecule has 0 bridgehead atoms. The number of nitrogens with one attached hydrogen (secondary N) is 1. The summed E-state index contributed by atoms with van der Waals surface area (Å²) in [6.07, 6.45) is 3.60. The van der Waals surface area contributed by atoms with Crippen LogP contribution in [0.25, 0.3) is 22.2 Å². The highest BCUT2D eigenvalue weighted by Gasteiger charge is 2.16. The van der Waals surface area contributed by atoms with Gasteiger partial charge in [0.15, 0.2) is 0 Å². The molecule has 0 aliphatic carbocycles. The number of hydrogen-bond acceptors (Lipinski definition) is 4. The average molecular weight is 422 g/mol. The Hall–Kier alpha value is -3.81. The number of para-hydroxylation sites is 1. The molecule has 4 rings (SSSR count). The molecule has 0 aliphatic heterocycles. The van der Waals surface area contributed by atoms with E-state index < -0.39 is 6.61 Å². The van der Waals surface area contributed by atoms with Crippen molar-refractivity contribution in [3.63, 3.8) is 0 Å². The van der Waals surface area contributed by atoms with Crippen LogP contribution in [0.1, 0.15) is 22.8 Å². The zero-order valence-electron chi connectivity index (χ0n) is 17.0. The third-order valence-electron chi connectivity index (χ3n) is 4.89. The number of carbonyl (C=O) groups excluding carboxylic acids is 1. The number of rotatable bonds is 6. The first-order valence-electron chi connectivity index (χ1n) is 9.74. The van der Waals surface area contributed by atoms with Gasteiger partial charge in [0.2, 0.25) is 0 Å². The Morgan fingerprint density at radius 1 is 1.19 bits per heavy atom. The van der Waals surface area contributed by atoms with E-state index in [-0.39, 0.29) is 11.7 Å². The van der Waals surface area contributed by atoms with Crippen molar-refractivity contribution in [1.82, 2.24) is 14.8 Å². The standard InChI is InChI=1S/C23H20F2N4O2/c1-3-29-13-15(12-26-29)21-11-18(17-6-4-5-7-20(17)27-21)22(30)28-19-9-8-16(10-14(19)2)31-23(24)25/h4-13,23H,3H2,1-2H3,(H,28,30). The van der Waals surface area contributed by atoms with Crippen LogP contribution in [0.15, 0.2) is 60.9 Å². The molecule has 158 valence electrons. The highest BCUT2D eigenvalue weighted by Crippen LogP contribution is 2.27. The third kappa shape index (κ3) is 4.37. The molecule has 1 amide bonds. The molecule has 0 unspecified atom stereocenters. The van der Waals surface area contributed by atoms with Crippen LogP contribution in [0.3, 0.4) is 0 Å². The summed E-state index contributed by atoms with van der Waals surface area (Å²) in [6, 6.07) is 13.5. The number of amides is 1. The highest BCUT2D eigenvalue weighted by molar-refractivity contribution is 6.13. The molecule has 31 heavy (non-hydrogen) atoms. The van der Waals surface area contributed by atoms with Gasteiger partial charge in [0, 0.05) is 29.4 Å². The minimum atomic E-state index is -2.90. The minimum Gasteiger partial charge on any atom is -0.435 e. The summed E-state index contributed by atoms with van der Waals surface area (Å²) in [5.74, 6) is -0.288. The van der Waals surface area contributed by atoms with Crippen LogP contribution in [0.2, 0.25) is 0 Å². The van der Waals surface area contributed by atoms with Crippen molar-refractivity contribution in [2.75, 3.05) is 5.32 Å². The number of nitrogens with zero attached hydrogens (tertiary/aromatic N) is 3. The van der Waals surface area contributed by atoms with Gasteiger partial charge < -0.3 is 10.1 Å². The Balaban J connectivity index is 1.70. The zero-order chi connectivity index (χ0) is 22.0. The van der Waals surface area contributed by atoms with Gasteiger partial charge in [-0.3, -0.25) is 9.48 Å². The molecular formula is C23H20F2N4O2. The molecule has 0 saturated carbocycles. The van der Waals surface area contributed by atoms with Crippen molar-refractivity contribution in [3.8, 4) is 17.0 Å². The van der Waals surface area contributed by atoms with Crippen LogP contribution in [0.4, 0.5) is 14.5 Å². The van der Waals surface area contributed by atoms with Gasteiger partial charge in [0.25, 0.3) is 5.91 Å². The molecular weight excluding hydrogens is 402 g/mol. The number of hydrogen-bond donors (Lipinski definition) is 1. The second-order valence-corrected chi connectivity index (χ2v) is 6.97. The van der Waals surface area contributed by atoms with Gasteiger partial charge in [0.1, 0.15) is 5.75 Å². The van der Waals surface area contributed by atoms with Crippen LogP contribution in [-0.4, -0.2) is 27.3 Å². The van der Waals surface area contributed by atoms with Crippen molar-refractivity contribution < 1.29 is 18.3 Å². The molecule has 2 aromatic heterocycles. The lowest BCUT2D eigenvalue weighted by Crippen LogP contribution is -2.14. The van der Waals surface area contributed by atoms with Crippen LogP contribution in [0, 0.1) is 6.92 Å². The normalized spacial score (nSPS) is 11.1. The number of halogens is 2. The molecule has 8 heteroatoms. The monoisotopic (exact) mass is 422 g/mol. The smallest absolute Gasteiger partial charge is 0.387 e. The first-order valence-corrected chi connectivity index (χ1v) is 9.74. The van der Waals surface area contributed by atoms with E-state index in [1.807, 2.05) is 37.4 Å². The van der Waals surface area contributed by atoms with Crippen molar-refractivity contribution in [2.24, 2.45) is 0 Å². The minimum absolute atomic E-state index is 0.0371. The molecule has 4 aromatic rings.